The number of hydrogen-bond donors (Lipinski definition) is 4. The van der Waals surface area contributed by atoms with Crippen LogP contribution in [-0.2, 0) is 14.6 Å². The van der Waals surface area contributed by atoms with Crippen molar-refractivity contribution in [3.8, 4) is 0 Å². The number of aliphatic hydroxyl groups excluding tert-OH is 1. The van der Waals surface area contributed by atoms with Crippen molar-refractivity contribution in [2.75, 3.05) is 5.73 Å². The number of nitrogen functional groups attached to an aromatic ring is 1. The lowest BCUT2D eigenvalue weighted by Gasteiger charge is -2.16. The molecule has 2 aromatic heterocycles. The van der Waals surface area contributed by atoms with E-state index in [0.717, 1.165) is 6.20 Å². The van der Waals surface area contributed by atoms with Crippen molar-refractivity contribution in [3.05, 3.63) is 22.2 Å². The Morgan fingerprint density at radius 1 is 1.43 bits per heavy atom. The number of H-pyrrole nitrogens is 1. The van der Waals surface area contributed by atoms with E-state index in [1.54, 1.807) is 0 Å². The Hall–Kier alpha value is -2.15. The van der Waals surface area contributed by atoms with E-state index in [9.17, 15) is 18.3 Å². The molecular weight excluding hydrogens is 306 g/mol. The fourth-order valence-corrected chi connectivity index (χ4v) is 2.06. The van der Waals surface area contributed by atoms with Crippen LogP contribution >= 0.6 is 0 Å². The molecule has 0 aliphatic rings. The van der Waals surface area contributed by atoms with Gasteiger partial charge in [0.15, 0.2) is 11.2 Å². The molecule has 0 spiro atoms. The van der Waals surface area contributed by atoms with Crippen LogP contribution in [0.5, 0.6) is 0 Å². The highest BCUT2D eigenvalue weighted by Gasteiger charge is 2.24. The number of nitrogens with two attached hydrogens (primary N) is 1. The van der Waals surface area contributed by atoms with Gasteiger partial charge in [-0.1, -0.05) is 0 Å². The average Bonchev–Trinajstić information content (AvgIpc) is 2.35. The van der Waals surface area contributed by atoms with Gasteiger partial charge in [0.25, 0.3) is 5.56 Å². The number of aliphatic hydroxyl groups is 1. The maximum atomic E-state index is 11.6. The molecule has 2 aromatic rings. The molecule has 0 unspecified atom stereocenters. The van der Waals surface area contributed by atoms with E-state index in [1.807, 2.05) is 0 Å². The zero-order valence-corrected chi connectivity index (χ0v) is 11.4. The maximum absolute atomic E-state index is 11.6. The summed E-state index contributed by atoms with van der Waals surface area (Å²) < 4.78 is 33.9. The van der Waals surface area contributed by atoms with Crippen LogP contribution in [-0.4, -0.2) is 44.1 Å². The van der Waals surface area contributed by atoms with Crippen molar-refractivity contribution < 1.29 is 22.3 Å². The van der Waals surface area contributed by atoms with E-state index in [-0.39, 0.29) is 22.8 Å². The van der Waals surface area contributed by atoms with Crippen LogP contribution < -0.4 is 11.3 Å². The normalized spacial score (nSPS) is 15.0. The second-order valence-electron chi connectivity index (χ2n) is 4.09. The van der Waals surface area contributed by atoms with E-state index in [4.69, 9.17) is 10.3 Å². The molecule has 0 aliphatic heterocycles. The molecule has 12 heteroatoms. The van der Waals surface area contributed by atoms with E-state index in [0.29, 0.717) is 0 Å². The molecule has 114 valence electrons. The van der Waals surface area contributed by atoms with Crippen molar-refractivity contribution in [1.29, 1.82) is 0 Å². The van der Waals surface area contributed by atoms with Crippen molar-refractivity contribution in [2.24, 2.45) is 0 Å². The highest BCUT2D eigenvalue weighted by atomic mass is 32.3. The van der Waals surface area contributed by atoms with Gasteiger partial charge in [-0.3, -0.25) is 14.3 Å². The molecule has 2 rings (SSSR count). The number of aromatic nitrogens is 4. The molecule has 0 bridgehead atoms. The highest BCUT2D eigenvalue weighted by molar-refractivity contribution is 7.80. The minimum atomic E-state index is -4.74. The summed E-state index contributed by atoms with van der Waals surface area (Å²) in [5.41, 5.74) is 4.34. The standard InChI is InChI=1S/C9H11N5O6S/c1-3(20-21(17,18)19)6(15)4-2-11-7-5(12-4)8(16)14-9(10)13-7/h2-3,6,15H,1H3,(H,17,18,19)(H3,10,11,13,14,16)/t3-,6-/m0/s1. The van der Waals surface area contributed by atoms with Gasteiger partial charge in [0.05, 0.1) is 11.9 Å². The molecule has 0 aromatic carbocycles. The molecule has 0 fully saturated rings. The smallest absolute Gasteiger partial charge is 0.384 e. The first kappa shape index (κ1) is 15.2. The second-order valence-corrected chi connectivity index (χ2v) is 5.14. The monoisotopic (exact) mass is 317 g/mol. The molecule has 0 amide bonds. The van der Waals surface area contributed by atoms with Crippen LogP contribution in [0.4, 0.5) is 5.95 Å². The Bertz CT molecular complexity index is 834. The van der Waals surface area contributed by atoms with Gasteiger partial charge >= 0.3 is 10.4 Å². The number of anilines is 1. The number of fused-ring (bicyclic) bond motifs is 1. The minimum absolute atomic E-state index is 0.0319. The number of nitrogens with zero attached hydrogens (tertiary/aromatic N) is 3. The number of nitrogens with one attached hydrogen (secondary N) is 1. The first-order valence-corrected chi connectivity index (χ1v) is 6.90. The lowest BCUT2D eigenvalue weighted by Crippen LogP contribution is -2.24. The lowest BCUT2D eigenvalue weighted by molar-refractivity contribution is 0.0405. The van der Waals surface area contributed by atoms with Crippen LogP contribution in [0, 0.1) is 0 Å². The van der Waals surface area contributed by atoms with Gasteiger partial charge in [-0.2, -0.15) is 13.4 Å². The van der Waals surface area contributed by atoms with Gasteiger partial charge in [0.1, 0.15) is 12.2 Å². The summed E-state index contributed by atoms with van der Waals surface area (Å²) >= 11 is 0. The van der Waals surface area contributed by atoms with E-state index in [2.05, 4.69) is 24.1 Å². The molecule has 0 saturated heterocycles. The average molecular weight is 317 g/mol. The van der Waals surface area contributed by atoms with Gasteiger partial charge in [0.2, 0.25) is 5.95 Å². The number of rotatable bonds is 4. The molecule has 0 aliphatic carbocycles. The van der Waals surface area contributed by atoms with Crippen molar-refractivity contribution in [1.82, 2.24) is 19.9 Å². The quantitative estimate of drug-likeness (QED) is 0.486. The van der Waals surface area contributed by atoms with Crippen LogP contribution in [0.1, 0.15) is 18.7 Å². The molecule has 0 saturated carbocycles. The third kappa shape index (κ3) is 3.49. The van der Waals surface area contributed by atoms with Gasteiger partial charge in [-0.25, -0.2) is 14.2 Å². The molecule has 11 nitrogen and oxygen atoms in total. The second kappa shape index (κ2) is 5.33. The summed E-state index contributed by atoms with van der Waals surface area (Å²) in [7, 11) is -4.74. The van der Waals surface area contributed by atoms with Gasteiger partial charge < -0.3 is 10.8 Å². The van der Waals surface area contributed by atoms with Crippen LogP contribution in [0.15, 0.2) is 11.0 Å². The Kier molecular flexibility index (Phi) is 3.87. The fourth-order valence-electron chi connectivity index (χ4n) is 1.58. The van der Waals surface area contributed by atoms with Crippen LogP contribution in [0.3, 0.4) is 0 Å². The summed E-state index contributed by atoms with van der Waals surface area (Å²) in [5.74, 6) is -0.141. The molecule has 21 heavy (non-hydrogen) atoms. The lowest BCUT2D eigenvalue weighted by atomic mass is 10.2. The predicted octanol–water partition coefficient (Wildman–Crippen LogP) is -1.46. The summed E-state index contributed by atoms with van der Waals surface area (Å²) in [6, 6.07) is 0. The molecule has 2 atom stereocenters. The van der Waals surface area contributed by atoms with Gasteiger partial charge in [-0.05, 0) is 6.92 Å². The van der Waals surface area contributed by atoms with Crippen molar-refractivity contribution >= 4 is 27.5 Å². The maximum Gasteiger partial charge on any atom is 0.397 e. The third-order valence-corrected chi connectivity index (χ3v) is 3.02. The fraction of sp³-hybridized carbons (Fsp3) is 0.333. The topological polar surface area (TPSA) is 181 Å². The Labute approximate surface area is 117 Å². The third-order valence-electron chi connectivity index (χ3n) is 2.48. The molecule has 5 N–H and O–H groups in total. The van der Waals surface area contributed by atoms with E-state index < -0.39 is 28.2 Å². The van der Waals surface area contributed by atoms with Crippen LogP contribution in [0.25, 0.3) is 11.2 Å². The predicted molar refractivity (Wildman–Crippen MR) is 69.4 cm³/mol. The van der Waals surface area contributed by atoms with Crippen LogP contribution in [0.2, 0.25) is 0 Å². The van der Waals surface area contributed by atoms with Crippen molar-refractivity contribution in [3.63, 3.8) is 0 Å². The zero-order chi connectivity index (χ0) is 15.8. The molecule has 0 radical (unpaired) electrons. The molecule has 2 heterocycles. The summed E-state index contributed by atoms with van der Waals surface area (Å²) in [6.07, 6.45) is -1.80. The largest absolute Gasteiger partial charge is 0.397 e. The SMILES string of the molecule is C[C@H](OS(=O)(=O)O)[C@H](O)c1cnc2nc(N)[nH]c(=O)c2n1. The summed E-state index contributed by atoms with van der Waals surface area (Å²) in [6.45, 7) is 1.19. The Balaban J connectivity index is 2.41. The van der Waals surface area contributed by atoms with E-state index >= 15 is 0 Å². The first-order valence-electron chi connectivity index (χ1n) is 5.53. The number of hydrogen-bond acceptors (Lipinski definition) is 9. The Morgan fingerprint density at radius 2 is 2.10 bits per heavy atom. The summed E-state index contributed by atoms with van der Waals surface area (Å²) in [5, 5.41) is 9.90. The van der Waals surface area contributed by atoms with Gasteiger partial charge in [0, 0.05) is 0 Å². The zero-order valence-electron chi connectivity index (χ0n) is 10.6. The number of aromatic amines is 1. The minimum Gasteiger partial charge on any atom is -0.384 e. The van der Waals surface area contributed by atoms with E-state index in [1.165, 1.54) is 6.92 Å². The molecular formula is C9H11N5O6S. The van der Waals surface area contributed by atoms with Crippen molar-refractivity contribution in [2.45, 2.75) is 19.1 Å². The summed E-state index contributed by atoms with van der Waals surface area (Å²) in [4.78, 5) is 25.2. The highest BCUT2D eigenvalue weighted by Crippen LogP contribution is 2.18. The first-order chi connectivity index (χ1) is 9.67. The Morgan fingerprint density at radius 3 is 2.71 bits per heavy atom. The van der Waals surface area contributed by atoms with Gasteiger partial charge in [-0.15, -0.1) is 0 Å².